The van der Waals surface area contributed by atoms with E-state index in [0.29, 0.717) is 24.8 Å². The van der Waals surface area contributed by atoms with Crippen LogP contribution in [0.3, 0.4) is 0 Å². The Morgan fingerprint density at radius 1 is 0.544 bits per heavy atom. The SMILES string of the molecule is C=CCCC(C)C[C@@H](C)C(C)C.C=CCCC(C)C[C@@H](C)[C@@H](C)C(=O)N1C[C@H](O)C[C@H]1C(=O)OC.C=CCCC(C)C[C@@H](C)[C@H](C)C(=O)N1C[C@H](O)C[C@H]1C(=O)OC.COC(=O)[C@@H]1C[C@@H](O)CN1. The van der Waals surface area contributed by atoms with Crippen LogP contribution in [0, 0.1) is 53.3 Å². The molecule has 0 saturated carbocycles. The summed E-state index contributed by atoms with van der Waals surface area (Å²) in [6.07, 6.45) is 15.0. The van der Waals surface area contributed by atoms with E-state index >= 15 is 0 Å². The first-order valence-electron chi connectivity index (χ1n) is 25.4. The normalized spacial score (nSPS) is 24.4. The third kappa shape index (κ3) is 23.8. The zero-order valence-electron chi connectivity index (χ0n) is 44.6. The lowest BCUT2D eigenvalue weighted by atomic mass is 9.85. The molecule has 3 aliphatic rings. The number of aliphatic hydroxyl groups excluding tert-OH is 3. The van der Waals surface area contributed by atoms with Gasteiger partial charge in [-0.05, 0) is 99.2 Å². The number of rotatable bonds is 23. The Balaban J connectivity index is 0.000000932. The summed E-state index contributed by atoms with van der Waals surface area (Å²) in [7, 11) is 3.96. The highest BCUT2D eigenvalue weighted by atomic mass is 16.5. The van der Waals surface area contributed by atoms with Gasteiger partial charge < -0.3 is 44.6 Å². The van der Waals surface area contributed by atoms with Gasteiger partial charge in [-0.2, -0.15) is 0 Å². The maximum Gasteiger partial charge on any atom is 0.328 e. The molecule has 14 nitrogen and oxygen atoms in total. The van der Waals surface area contributed by atoms with Gasteiger partial charge in [0.15, 0.2) is 0 Å². The highest BCUT2D eigenvalue weighted by Crippen LogP contribution is 2.30. The first kappa shape index (κ1) is 64.4. The molecule has 14 atom stereocenters. The Hall–Kier alpha value is -3.59. The molecule has 4 N–H and O–H groups in total. The third-order valence-electron chi connectivity index (χ3n) is 14.2. The minimum absolute atomic E-state index is 0.0691. The van der Waals surface area contributed by atoms with Crippen LogP contribution in [0.4, 0.5) is 0 Å². The summed E-state index contributed by atoms with van der Waals surface area (Å²) in [5, 5.41) is 31.4. The summed E-state index contributed by atoms with van der Waals surface area (Å²) in [6, 6.07) is -1.62. The van der Waals surface area contributed by atoms with Crippen LogP contribution in [-0.2, 0) is 38.2 Å². The Morgan fingerprint density at radius 2 is 0.882 bits per heavy atom. The molecular weight excluding hydrogens is 867 g/mol. The van der Waals surface area contributed by atoms with Crippen molar-refractivity contribution in [1.82, 2.24) is 15.1 Å². The number of carbonyl (C=O) groups excluding carboxylic acids is 5. The smallest absolute Gasteiger partial charge is 0.328 e. The van der Waals surface area contributed by atoms with Crippen LogP contribution in [0.5, 0.6) is 0 Å². The van der Waals surface area contributed by atoms with Gasteiger partial charge >= 0.3 is 17.9 Å². The molecule has 0 aromatic carbocycles. The molecule has 3 unspecified atom stereocenters. The number of nitrogens with one attached hydrogen (secondary N) is 1. The highest BCUT2D eigenvalue weighted by molar-refractivity contribution is 5.87. The van der Waals surface area contributed by atoms with Crippen molar-refractivity contribution in [2.45, 2.75) is 183 Å². The molecule has 0 radical (unpaired) electrons. The van der Waals surface area contributed by atoms with Crippen LogP contribution in [0.2, 0.25) is 0 Å². The number of carbonyl (C=O) groups is 5. The van der Waals surface area contributed by atoms with Gasteiger partial charge in [-0.3, -0.25) is 14.4 Å². The predicted molar refractivity (Wildman–Crippen MR) is 271 cm³/mol. The second-order valence-corrected chi connectivity index (χ2v) is 20.6. The zero-order valence-corrected chi connectivity index (χ0v) is 44.6. The zero-order chi connectivity index (χ0) is 52.3. The maximum absolute atomic E-state index is 12.7. The molecule has 68 heavy (non-hydrogen) atoms. The number of hydrogen-bond acceptors (Lipinski definition) is 12. The van der Waals surface area contributed by atoms with Gasteiger partial charge in [0, 0.05) is 50.7 Å². The average molecular weight is 964 g/mol. The maximum atomic E-state index is 12.7. The second-order valence-electron chi connectivity index (χ2n) is 20.6. The fourth-order valence-corrected chi connectivity index (χ4v) is 9.03. The monoisotopic (exact) mass is 964 g/mol. The van der Waals surface area contributed by atoms with Crippen molar-refractivity contribution in [3.63, 3.8) is 0 Å². The molecule has 14 heteroatoms. The molecule has 2 amide bonds. The number of ether oxygens (including phenoxy) is 3. The number of methoxy groups -OCH3 is 3. The van der Waals surface area contributed by atoms with Crippen molar-refractivity contribution >= 4 is 29.7 Å². The van der Waals surface area contributed by atoms with Crippen molar-refractivity contribution in [3.8, 4) is 0 Å². The Morgan fingerprint density at radius 3 is 1.16 bits per heavy atom. The Labute approximate surface area is 412 Å². The largest absolute Gasteiger partial charge is 0.468 e. The number of allylic oxidation sites excluding steroid dienone is 3. The van der Waals surface area contributed by atoms with Crippen molar-refractivity contribution in [1.29, 1.82) is 0 Å². The van der Waals surface area contributed by atoms with Crippen LogP contribution >= 0.6 is 0 Å². The van der Waals surface area contributed by atoms with E-state index in [9.17, 15) is 34.2 Å². The fourth-order valence-electron chi connectivity index (χ4n) is 9.03. The van der Waals surface area contributed by atoms with Crippen molar-refractivity contribution in [2.24, 2.45) is 53.3 Å². The molecule has 3 rings (SSSR count). The lowest BCUT2D eigenvalue weighted by Gasteiger charge is -2.29. The number of hydrogen-bond donors (Lipinski definition) is 4. The lowest BCUT2D eigenvalue weighted by Crippen LogP contribution is -2.45. The van der Waals surface area contributed by atoms with Gasteiger partial charge in [0.05, 0.1) is 39.6 Å². The van der Waals surface area contributed by atoms with Gasteiger partial charge in [-0.15, -0.1) is 19.7 Å². The minimum Gasteiger partial charge on any atom is -0.468 e. The molecule has 3 fully saturated rings. The van der Waals surface area contributed by atoms with Gasteiger partial charge in [0.1, 0.15) is 18.1 Å². The molecule has 0 spiro atoms. The first-order chi connectivity index (χ1) is 31.9. The summed E-state index contributed by atoms with van der Waals surface area (Å²) in [6.45, 7) is 33.8. The van der Waals surface area contributed by atoms with E-state index in [4.69, 9.17) is 14.6 Å². The van der Waals surface area contributed by atoms with E-state index in [1.807, 2.05) is 32.1 Å². The van der Waals surface area contributed by atoms with Crippen LogP contribution in [0.1, 0.15) is 146 Å². The average Bonchev–Trinajstić information content (AvgIpc) is 4.05. The van der Waals surface area contributed by atoms with Gasteiger partial charge in [0.2, 0.25) is 11.8 Å². The van der Waals surface area contributed by atoms with Gasteiger partial charge in [0.25, 0.3) is 0 Å². The van der Waals surface area contributed by atoms with Gasteiger partial charge in [-0.1, -0.05) is 87.5 Å². The Bertz CT molecular complexity index is 1430. The topological polar surface area (TPSA) is 192 Å². The summed E-state index contributed by atoms with van der Waals surface area (Å²) in [4.78, 5) is 62.9. The number of aliphatic hydroxyl groups is 3. The molecule has 3 heterocycles. The molecule has 0 aliphatic carbocycles. The highest BCUT2D eigenvalue weighted by Gasteiger charge is 2.43. The fraction of sp³-hybridized carbons (Fsp3) is 0.796. The van der Waals surface area contributed by atoms with Crippen molar-refractivity contribution in [3.05, 3.63) is 38.0 Å². The third-order valence-corrected chi connectivity index (χ3v) is 14.2. The summed E-state index contributed by atoms with van der Waals surface area (Å²) < 4.78 is 14.0. The van der Waals surface area contributed by atoms with E-state index < -0.39 is 42.3 Å². The lowest BCUT2D eigenvalue weighted by molar-refractivity contribution is -0.152. The number of nitrogens with zero attached hydrogens (tertiary/aromatic N) is 2. The van der Waals surface area contributed by atoms with Crippen LogP contribution < -0.4 is 5.32 Å². The van der Waals surface area contributed by atoms with Crippen LogP contribution in [0.25, 0.3) is 0 Å². The van der Waals surface area contributed by atoms with Crippen LogP contribution in [0.15, 0.2) is 38.0 Å². The van der Waals surface area contributed by atoms with E-state index in [1.54, 1.807) is 0 Å². The number of β-amino-alcohol motifs (C(OH)–C–C–N with tert-alkyl or cyclic N) is 3. The van der Waals surface area contributed by atoms with Crippen molar-refractivity contribution in [2.75, 3.05) is 41.0 Å². The van der Waals surface area contributed by atoms with E-state index in [2.05, 4.69) is 85.2 Å². The van der Waals surface area contributed by atoms with E-state index in [1.165, 1.54) is 50.4 Å². The number of amides is 2. The molecule has 394 valence electrons. The standard InChI is InChI=1S/2C18H31NO4.C12H24.C6H11NO3/c2*1-6-7-8-12(2)9-13(3)14(4)17(21)19-11-15(20)10-16(19)18(22)23-5;1-6-7-8-11(4)9-12(5)10(2)3;1-10-6(9)5-2-4(8)3-7-5/h2*6,12-16,20H,1,7-11H2,2-5H3;6,10-12H,1,7-9H2,2-5H3;4-5,7-8H,2-3H2,1H3/t12?,13-,14+,15-,16+;12?,13-,14-,15-,16+;11?,12-;4-,5+/m1111/s1. The van der Waals surface area contributed by atoms with Gasteiger partial charge in [-0.25, -0.2) is 9.59 Å². The molecule has 0 bridgehead atoms. The number of likely N-dealkylation sites (tertiary alicyclic amines) is 2. The quantitative estimate of drug-likeness (QED) is 0.0440. The molecule has 0 aromatic rings. The van der Waals surface area contributed by atoms with E-state index in [-0.39, 0.29) is 73.4 Å². The summed E-state index contributed by atoms with van der Waals surface area (Å²) in [5.41, 5.74) is 0. The molecular formula is C54H97N3O11. The Kier molecular flexibility index (Phi) is 32.8. The molecule has 3 saturated heterocycles. The second kappa shape index (κ2) is 34.7. The molecule has 3 aliphatic heterocycles. The molecule has 0 aromatic heterocycles. The minimum atomic E-state index is -0.657. The van der Waals surface area contributed by atoms with E-state index in [0.717, 1.165) is 56.3 Å². The van der Waals surface area contributed by atoms with Crippen molar-refractivity contribution < 1.29 is 53.5 Å². The summed E-state index contributed by atoms with van der Waals surface area (Å²) in [5.74, 6) is 2.36. The number of esters is 3. The summed E-state index contributed by atoms with van der Waals surface area (Å²) >= 11 is 0. The predicted octanol–water partition coefficient (Wildman–Crippen LogP) is 7.92. The first-order valence-corrected chi connectivity index (χ1v) is 25.4. The van der Waals surface area contributed by atoms with Crippen LogP contribution in [-0.4, -0.2) is 132 Å².